The summed E-state index contributed by atoms with van der Waals surface area (Å²) in [5.41, 5.74) is 0. The summed E-state index contributed by atoms with van der Waals surface area (Å²) >= 11 is 0. The van der Waals surface area contributed by atoms with E-state index < -0.39 is 8.24 Å². The highest BCUT2D eigenvalue weighted by Crippen LogP contribution is 2.44. The second-order valence-electron chi connectivity index (χ2n) is 6.44. The zero-order chi connectivity index (χ0) is 12.7. The molecule has 1 aliphatic heterocycles. The van der Waals surface area contributed by atoms with E-state index in [-0.39, 0.29) is 5.04 Å². The van der Waals surface area contributed by atoms with Crippen molar-refractivity contribution >= 4 is 14.1 Å². The van der Waals surface area contributed by atoms with E-state index in [2.05, 4.69) is 51.9 Å². The minimum atomic E-state index is -1.69. The topological polar surface area (TPSA) is 20.3 Å². The van der Waals surface area contributed by atoms with Gasteiger partial charge in [0, 0.05) is 12.5 Å². The maximum absolute atomic E-state index is 11.9. The first kappa shape index (κ1) is 13.5. The average molecular weight is 239 g/mol. The number of rotatable bonds is 3. The first-order chi connectivity index (χ1) is 7.13. The SMILES string of the molecule is C=CC(C)C1CC(=O)N1[Si](C)(C)C(C)(C)C. The molecular formula is C13H25NOSi. The van der Waals surface area contributed by atoms with Crippen LogP contribution in [0.5, 0.6) is 0 Å². The van der Waals surface area contributed by atoms with Gasteiger partial charge in [0.25, 0.3) is 0 Å². The van der Waals surface area contributed by atoms with Crippen molar-refractivity contribution in [2.24, 2.45) is 5.92 Å². The molecule has 0 N–H and O–H groups in total. The van der Waals surface area contributed by atoms with Gasteiger partial charge in [-0.25, -0.2) is 0 Å². The minimum absolute atomic E-state index is 0.224. The molecule has 0 aromatic heterocycles. The van der Waals surface area contributed by atoms with Crippen LogP contribution in [0.15, 0.2) is 12.7 Å². The minimum Gasteiger partial charge on any atom is -0.365 e. The molecule has 1 amide bonds. The van der Waals surface area contributed by atoms with Crippen LogP contribution >= 0.6 is 0 Å². The second kappa shape index (κ2) is 4.02. The third-order valence-electron chi connectivity index (χ3n) is 4.40. The molecule has 2 nitrogen and oxygen atoms in total. The number of amides is 1. The van der Waals surface area contributed by atoms with Crippen LogP contribution in [-0.4, -0.2) is 24.7 Å². The van der Waals surface area contributed by atoms with E-state index in [4.69, 9.17) is 0 Å². The van der Waals surface area contributed by atoms with Gasteiger partial charge >= 0.3 is 0 Å². The fourth-order valence-corrected chi connectivity index (χ4v) is 4.70. The summed E-state index contributed by atoms with van der Waals surface area (Å²) in [6, 6.07) is 0.394. The lowest BCUT2D eigenvalue weighted by molar-refractivity contribution is -0.140. The van der Waals surface area contributed by atoms with Gasteiger partial charge in [0.05, 0.1) is 0 Å². The zero-order valence-electron chi connectivity index (χ0n) is 11.5. The molecule has 0 aliphatic carbocycles. The third-order valence-corrected chi connectivity index (χ3v) is 9.86. The molecule has 0 saturated carbocycles. The maximum atomic E-state index is 11.9. The van der Waals surface area contributed by atoms with Gasteiger partial charge in [-0.15, -0.1) is 6.58 Å². The van der Waals surface area contributed by atoms with E-state index in [1.807, 2.05) is 6.08 Å². The summed E-state index contributed by atoms with van der Waals surface area (Å²) < 4.78 is 2.19. The normalized spacial score (nSPS) is 24.0. The maximum Gasteiger partial charge on any atom is 0.217 e. The van der Waals surface area contributed by atoms with E-state index >= 15 is 0 Å². The molecule has 2 atom stereocenters. The van der Waals surface area contributed by atoms with Crippen molar-refractivity contribution in [2.75, 3.05) is 0 Å². The Morgan fingerprint density at radius 2 is 2.00 bits per heavy atom. The number of hydrogen-bond donors (Lipinski definition) is 0. The van der Waals surface area contributed by atoms with Crippen molar-refractivity contribution in [3.8, 4) is 0 Å². The van der Waals surface area contributed by atoms with Crippen molar-refractivity contribution in [3.05, 3.63) is 12.7 Å². The number of hydrogen-bond acceptors (Lipinski definition) is 1. The Kier molecular flexibility index (Phi) is 3.39. The number of carbonyl (C=O) groups is 1. The van der Waals surface area contributed by atoms with E-state index in [9.17, 15) is 4.79 Å². The lowest BCUT2D eigenvalue weighted by atomic mass is 9.93. The van der Waals surface area contributed by atoms with E-state index in [1.165, 1.54) is 0 Å². The van der Waals surface area contributed by atoms with Gasteiger partial charge in [0.2, 0.25) is 5.91 Å². The van der Waals surface area contributed by atoms with Crippen molar-refractivity contribution in [1.82, 2.24) is 4.57 Å². The Hall–Kier alpha value is -0.573. The Labute approximate surface area is 101 Å². The van der Waals surface area contributed by atoms with Crippen LogP contribution in [0.25, 0.3) is 0 Å². The highest BCUT2D eigenvalue weighted by atomic mass is 28.3. The molecule has 1 fully saturated rings. The van der Waals surface area contributed by atoms with E-state index in [1.54, 1.807) is 0 Å². The molecule has 0 aromatic rings. The van der Waals surface area contributed by atoms with Crippen molar-refractivity contribution in [3.63, 3.8) is 0 Å². The summed E-state index contributed by atoms with van der Waals surface area (Å²) in [6.45, 7) is 17.4. The third kappa shape index (κ3) is 1.97. The number of carbonyl (C=O) groups excluding carboxylic acids is 1. The smallest absolute Gasteiger partial charge is 0.217 e. The molecule has 92 valence electrons. The largest absolute Gasteiger partial charge is 0.365 e. The molecule has 0 spiro atoms. The monoisotopic (exact) mass is 239 g/mol. The first-order valence-corrected chi connectivity index (χ1v) is 9.02. The average Bonchev–Trinajstić information content (AvgIpc) is 2.10. The molecule has 3 heteroatoms. The Morgan fingerprint density at radius 1 is 1.50 bits per heavy atom. The van der Waals surface area contributed by atoms with Gasteiger partial charge in [0.1, 0.15) is 0 Å². The van der Waals surface area contributed by atoms with Crippen LogP contribution in [0.2, 0.25) is 18.1 Å². The lowest BCUT2D eigenvalue weighted by Crippen LogP contribution is -2.69. The fourth-order valence-electron chi connectivity index (χ4n) is 2.11. The molecule has 0 radical (unpaired) electrons. The highest BCUT2D eigenvalue weighted by molar-refractivity contribution is 6.79. The molecule has 0 aromatic carbocycles. The van der Waals surface area contributed by atoms with Gasteiger partial charge in [0.15, 0.2) is 8.24 Å². The van der Waals surface area contributed by atoms with Crippen LogP contribution in [-0.2, 0) is 4.79 Å². The van der Waals surface area contributed by atoms with Crippen LogP contribution in [0.3, 0.4) is 0 Å². The van der Waals surface area contributed by atoms with Gasteiger partial charge in [-0.2, -0.15) is 0 Å². The predicted octanol–water partition coefficient (Wildman–Crippen LogP) is 3.41. The van der Waals surface area contributed by atoms with Crippen molar-refractivity contribution < 1.29 is 4.79 Å². The first-order valence-electron chi connectivity index (χ1n) is 6.07. The summed E-state index contributed by atoms with van der Waals surface area (Å²) in [7, 11) is -1.69. The standard InChI is InChI=1S/C13H25NOSi/c1-8-10(2)11-9-12(15)14(11)16(6,7)13(3,4)5/h8,10-11H,1,9H2,2-7H3. The van der Waals surface area contributed by atoms with E-state index in [0.717, 1.165) is 0 Å². The summed E-state index contributed by atoms with van der Waals surface area (Å²) in [4.78, 5) is 11.9. The van der Waals surface area contributed by atoms with Gasteiger partial charge in [-0.05, 0) is 11.0 Å². The molecule has 1 saturated heterocycles. The zero-order valence-corrected chi connectivity index (χ0v) is 12.5. The van der Waals surface area contributed by atoms with Crippen molar-refractivity contribution in [1.29, 1.82) is 0 Å². The van der Waals surface area contributed by atoms with Crippen LogP contribution in [0, 0.1) is 5.92 Å². The summed E-state index contributed by atoms with van der Waals surface area (Å²) in [5, 5.41) is 0.224. The Bertz CT molecular complexity index is 304. The molecule has 1 rings (SSSR count). The predicted molar refractivity (Wildman–Crippen MR) is 71.8 cm³/mol. The van der Waals surface area contributed by atoms with Crippen LogP contribution in [0.1, 0.15) is 34.1 Å². The lowest BCUT2D eigenvalue weighted by Gasteiger charge is -2.56. The summed E-state index contributed by atoms with van der Waals surface area (Å²) in [5.74, 6) is 0.747. The highest BCUT2D eigenvalue weighted by Gasteiger charge is 2.52. The summed E-state index contributed by atoms with van der Waals surface area (Å²) in [6.07, 6.45) is 2.68. The molecule has 2 unspecified atom stereocenters. The van der Waals surface area contributed by atoms with Crippen LogP contribution in [0.4, 0.5) is 0 Å². The Balaban J connectivity index is 2.94. The number of β-lactam (4-membered cyclic amide) rings is 1. The second-order valence-corrected chi connectivity index (χ2v) is 11.5. The molecule has 0 bridgehead atoms. The molecule has 1 heterocycles. The molecule has 1 aliphatic rings. The molecular weight excluding hydrogens is 214 g/mol. The Morgan fingerprint density at radius 3 is 2.31 bits per heavy atom. The quantitative estimate of drug-likeness (QED) is 0.420. The molecule has 16 heavy (non-hydrogen) atoms. The van der Waals surface area contributed by atoms with Crippen molar-refractivity contribution in [2.45, 2.75) is 58.3 Å². The van der Waals surface area contributed by atoms with Crippen LogP contribution < -0.4 is 0 Å². The fraction of sp³-hybridized carbons (Fsp3) is 0.769. The number of nitrogens with zero attached hydrogens (tertiary/aromatic N) is 1. The van der Waals surface area contributed by atoms with E-state index in [0.29, 0.717) is 24.3 Å². The van der Waals surface area contributed by atoms with Gasteiger partial charge in [-0.3, -0.25) is 4.79 Å². The van der Waals surface area contributed by atoms with Gasteiger partial charge in [-0.1, -0.05) is 46.9 Å². The van der Waals surface area contributed by atoms with Gasteiger partial charge < -0.3 is 4.57 Å².